The molecule has 1 aliphatic rings. The van der Waals surface area contributed by atoms with Gasteiger partial charge in [-0.2, -0.15) is 0 Å². The van der Waals surface area contributed by atoms with Gasteiger partial charge in [-0.3, -0.25) is 0 Å². The maximum atomic E-state index is 9.39. The summed E-state index contributed by atoms with van der Waals surface area (Å²) in [5.74, 6) is 2.40. The molecule has 6 nitrogen and oxygen atoms in total. The fourth-order valence-electron chi connectivity index (χ4n) is 3.83. The highest BCUT2D eigenvalue weighted by molar-refractivity contribution is 5.65. The number of hydrogen-bond acceptors (Lipinski definition) is 5. The molecule has 0 radical (unpaired) electrons. The molecule has 1 aromatic heterocycles. The van der Waals surface area contributed by atoms with E-state index in [0.717, 1.165) is 40.6 Å². The Hall–Kier alpha value is -2.96. The van der Waals surface area contributed by atoms with Gasteiger partial charge in [0.2, 0.25) is 6.79 Å². The molecule has 0 spiro atoms. The third-order valence-corrected chi connectivity index (χ3v) is 5.44. The molecule has 1 aliphatic heterocycles. The van der Waals surface area contributed by atoms with Gasteiger partial charge >= 0.3 is 0 Å². The predicted molar refractivity (Wildman–Crippen MR) is 119 cm³/mol. The average Bonchev–Trinajstić information content (AvgIpc) is 3.40. The first kappa shape index (κ1) is 21.3. The molecular formula is C25H29NO5. The highest BCUT2D eigenvalue weighted by Gasteiger charge is 2.16. The Kier molecular flexibility index (Phi) is 6.79. The van der Waals surface area contributed by atoms with Crippen molar-refractivity contribution in [2.24, 2.45) is 0 Å². The van der Waals surface area contributed by atoms with Gasteiger partial charge in [0.05, 0.1) is 19.3 Å². The van der Waals surface area contributed by atoms with E-state index in [9.17, 15) is 5.11 Å². The van der Waals surface area contributed by atoms with Crippen LogP contribution < -0.4 is 14.2 Å². The highest BCUT2D eigenvalue weighted by Crippen LogP contribution is 2.36. The summed E-state index contributed by atoms with van der Waals surface area (Å²) in [6.07, 6.45) is 0.523. The van der Waals surface area contributed by atoms with Gasteiger partial charge < -0.3 is 28.6 Å². The second-order valence-electron chi connectivity index (χ2n) is 7.54. The molecule has 4 rings (SSSR count). The third kappa shape index (κ3) is 5.03. The van der Waals surface area contributed by atoms with E-state index in [1.165, 1.54) is 5.69 Å². The standard InChI is InChI=1S/C25H29NO5/c1-3-28-22(16-27)14-19-5-8-21(9-6-19)29-13-12-26-18(2)4-10-23(26)20-7-11-24-25(15-20)31-17-30-24/h4-11,15,22,27H,3,12-14,16-17H2,1-2H3/t22-/m0/s1. The van der Waals surface area contributed by atoms with Crippen molar-refractivity contribution in [3.8, 4) is 28.5 Å². The van der Waals surface area contributed by atoms with E-state index in [1.807, 2.05) is 43.3 Å². The summed E-state index contributed by atoms with van der Waals surface area (Å²) >= 11 is 0. The Bertz CT molecular complexity index is 996. The zero-order valence-electron chi connectivity index (χ0n) is 18.0. The molecule has 2 heterocycles. The Balaban J connectivity index is 1.37. The number of hydrogen-bond donors (Lipinski definition) is 1. The van der Waals surface area contributed by atoms with Crippen LogP contribution >= 0.6 is 0 Å². The van der Waals surface area contributed by atoms with Gasteiger partial charge in [0, 0.05) is 30.0 Å². The molecule has 0 saturated carbocycles. The lowest BCUT2D eigenvalue weighted by Crippen LogP contribution is -2.20. The van der Waals surface area contributed by atoms with Crippen molar-refractivity contribution in [2.75, 3.05) is 26.6 Å². The number of aliphatic hydroxyl groups is 1. The SMILES string of the molecule is CCO[C@H](CO)Cc1ccc(OCCn2c(C)ccc2-c2ccc3c(c2)OCO3)cc1. The first-order valence-electron chi connectivity index (χ1n) is 10.7. The molecule has 0 unspecified atom stereocenters. The lowest BCUT2D eigenvalue weighted by Gasteiger charge is -2.15. The van der Waals surface area contributed by atoms with E-state index in [2.05, 4.69) is 29.7 Å². The Morgan fingerprint density at radius 1 is 1.03 bits per heavy atom. The first-order chi connectivity index (χ1) is 15.2. The molecule has 1 atom stereocenters. The van der Waals surface area contributed by atoms with Gasteiger partial charge in [0.1, 0.15) is 12.4 Å². The van der Waals surface area contributed by atoms with Crippen molar-refractivity contribution >= 4 is 0 Å². The fraction of sp³-hybridized carbons (Fsp3) is 0.360. The normalized spacial score (nSPS) is 13.4. The van der Waals surface area contributed by atoms with Crippen LogP contribution in [0.15, 0.2) is 54.6 Å². The predicted octanol–water partition coefficient (Wildman–Crippen LogP) is 4.21. The molecule has 0 amide bonds. The number of rotatable bonds is 10. The van der Waals surface area contributed by atoms with Crippen LogP contribution in [0.1, 0.15) is 18.2 Å². The summed E-state index contributed by atoms with van der Waals surface area (Å²) in [6.45, 7) is 6.22. The van der Waals surface area contributed by atoms with E-state index in [-0.39, 0.29) is 19.5 Å². The van der Waals surface area contributed by atoms with E-state index < -0.39 is 0 Å². The maximum absolute atomic E-state index is 9.39. The molecule has 1 N–H and O–H groups in total. The minimum absolute atomic E-state index is 0.0218. The smallest absolute Gasteiger partial charge is 0.231 e. The van der Waals surface area contributed by atoms with E-state index >= 15 is 0 Å². The van der Waals surface area contributed by atoms with Crippen molar-refractivity contribution in [3.05, 3.63) is 65.9 Å². The summed E-state index contributed by atoms with van der Waals surface area (Å²) in [5, 5.41) is 9.39. The Morgan fingerprint density at radius 3 is 2.61 bits per heavy atom. The van der Waals surface area contributed by atoms with E-state index in [1.54, 1.807) is 0 Å². The molecule has 2 aromatic carbocycles. The summed E-state index contributed by atoms with van der Waals surface area (Å²) in [7, 11) is 0. The second kappa shape index (κ2) is 9.90. The zero-order valence-corrected chi connectivity index (χ0v) is 18.0. The van der Waals surface area contributed by atoms with Crippen molar-refractivity contribution in [1.82, 2.24) is 4.57 Å². The molecule has 6 heteroatoms. The van der Waals surface area contributed by atoms with Crippen molar-refractivity contribution in [3.63, 3.8) is 0 Å². The quantitative estimate of drug-likeness (QED) is 0.529. The Morgan fingerprint density at radius 2 is 1.84 bits per heavy atom. The third-order valence-electron chi connectivity index (χ3n) is 5.44. The number of aromatic nitrogens is 1. The number of aliphatic hydroxyl groups excluding tert-OH is 1. The van der Waals surface area contributed by atoms with Crippen LogP contribution in [0.25, 0.3) is 11.3 Å². The average molecular weight is 424 g/mol. The van der Waals surface area contributed by atoms with Crippen LogP contribution in [0.2, 0.25) is 0 Å². The molecule has 0 fully saturated rings. The van der Waals surface area contributed by atoms with Crippen molar-refractivity contribution in [1.29, 1.82) is 0 Å². The van der Waals surface area contributed by atoms with Crippen LogP contribution in [-0.2, 0) is 17.7 Å². The zero-order chi connectivity index (χ0) is 21.6. The van der Waals surface area contributed by atoms with Crippen LogP contribution in [0, 0.1) is 6.92 Å². The number of aryl methyl sites for hydroxylation is 1. The van der Waals surface area contributed by atoms with E-state index in [0.29, 0.717) is 19.6 Å². The molecule has 0 bridgehead atoms. The summed E-state index contributed by atoms with van der Waals surface area (Å²) in [5.41, 5.74) is 4.51. The highest BCUT2D eigenvalue weighted by atomic mass is 16.7. The monoisotopic (exact) mass is 423 g/mol. The van der Waals surface area contributed by atoms with Gasteiger partial charge in [0.25, 0.3) is 0 Å². The summed E-state index contributed by atoms with van der Waals surface area (Å²) in [4.78, 5) is 0. The minimum atomic E-state index is -0.164. The minimum Gasteiger partial charge on any atom is -0.492 e. The van der Waals surface area contributed by atoms with Gasteiger partial charge in [-0.15, -0.1) is 0 Å². The molecule has 0 aliphatic carbocycles. The lowest BCUT2D eigenvalue weighted by atomic mass is 10.1. The number of benzene rings is 2. The first-order valence-corrected chi connectivity index (χ1v) is 10.7. The maximum Gasteiger partial charge on any atom is 0.231 e. The second-order valence-corrected chi connectivity index (χ2v) is 7.54. The number of nitrogens with zero attached hydrogens (tertiary/aromatic N) is 1. The van der Waals surface area contributed by atoms with Crippen LogP contribution in [0.5, 0.6) is 17.2 Å². The lowest BCUT2D eigenvalue weighted by molar-refractivity contribution is 0.0207. The number of ether oxygens (including phenoxy) is 4. The van der Waals surface area contributed by atoms with E-state index in [4.69, 9.17) is 18.9 Å². The Labute approximate surface area is 182 Å². The van der Waals surface area contributed by atoms with Gasteiger partial charge in [-0.05, 0) is 61.9 Å². The van der Waals surface area contributed by atoms with Gasteiger partial charge in [-0.1, -0.05) is 12.1 Å². The molecule has 164 valence electrons. The van der Waals surface area contributed by atoms with Crippen molar-refractivity contribution in [2.45, 2.75) is 32.9 Å². The molecule has 0 saturated heterocycles. The van der Waals surface area contributed by atoms with Gasteiger partial charge in [0.15, 0.2) is 11.5 Å². The molecule has 3 aromatic rings. The van der Waals surface area contributed by atoms with Crippen LogP contribution in [-0.4, -0.2) is 42.4 Å². The van der Waals surface area contributed by atoms with Gasteiger partial charge in [-0.25, -0.2) is 0 Å². The van der Waals surface area contributed by atoms with Crippen LogP contribution in [0.3, 0.4) is 0 Å². The molecule has 31 heavy (non-hydrogen) atoms. The topological polar surface area (TPSA) is 62.1 Å². The van der Waals surface area contributed by atoms with Crippen molar-refractivity contribution < 1.29 is 24.1 Å². The van der Waals surface area contributed by atoms with Crippen LogP contribution in [0.4, 0.5) is 0 Å². The largest absolute Gasteiger partial charge is 0.492 e. The molecular weight excluding hydrogens is 394 g/mol. The summed E-state index contributed by atoms with van der Waals surface area (Å²) < 4.78 is 24.7. The number of fused-ring (bicyclic) bond motifs is 1. The summed E-state index contributed by atoms with van der Waals surface area (Å²) in [6, 6.07) is 18.3. The fourth-order valence-corrected chi connectivity index (χ4v) is 3.83.